The van der Waals surface area contributed by atoms with Crippen molar-refractivity contribution in [2.75, 3.05) is 6.66 Å². The SMILES string of the molecule is BPPC. The third-order valence-electron chi connectivity index (χ3n) is 0.250. The van der Waals surface area contributed by atoms with Gasteiger partial charge in [0.1, 0.15) is 7.57 Å². The Labute approximate surface area is 31.6 Å². The van der Waals surface area contributed by atoms with Crippen LogP contribution in [0.1, 0.15) is 0 Å². The molecule has 3 heteroatoms. The molecule has 2 atom stereocenters. The second-order valence-corrected chi connectivity index (χ2v) is 4.50. The van der Waals surface area contributed by atoms with Gasteiger partial charge in [-0.05, 0) is 6.66 Å². The standard InChI is InChI=1S/CH7BP2/c1-3-4-2/h3-4H,2H2,1H3. The highest BCUT2D eigenvalue weighted by Crippen LogP contribution is 2.26. The van der Waals surface area contributed by atoms with Crippen LogP contribution in [0.25, 0.3) is 0 Å². The lowest BCUT2D eigenvalue weighted by Crippen LogP contribution is -1.22. The lowest BCUT2D eigenvalue weighted by Gasteiger charge is -1.70. The third kappa shape index (κ3) is 2.92. The summed E-state index contributed by atoms with van der Waals surface area (Å²) in [6.07, 6.45) is 0. The summed E-state index contributed by atoms with van der Waals surface area (Å²) in [7, 11) is 4.56. The van der Waals surface area contributed by atoms with Crippen molar-refractivity contribution >= 4 is 24.0 Å². The summed E-state index contributed by atoms with van der Waals surface area (Å²) < 4.78 is 0. The van der Waals surface area contributed by atoms with Gasteiger partial charge in [-0.3, -0.25) is 0 Å². The van der Waals surface area contributed by atoms with Crippen molar-refractivity contribution < 1.29 is 0 Å². The molecule has 0 aliphatic carbocycles. The molecule has 0 aromatic heterocycles. The highest BCUT2D eigenvalue weighted by atomic mass is 32.0. The van der Waals surface area contributed by atoms with E-state index in [1.54, 1.807) is 0 Å². The van der Waals surface area contributed by atoms with Gasteiger partial charge < -0.3 is 0 Å². The van der Waals surface area contributed by atoms with Gasteiger partial charge in [-0.15, -0.1) is 16.4 Å². The molecular formula is CH7BP2. The molecule has 2 unspecified atom stereocenters. The zero-order valence-corrected chi connectivity index (χ0v) is 5.00. The van der Waals surface area contributed by atoms with E-state index in [9.17, 15) is 0 Å². The zero-order valence-electron chi connectivity index (χ0n) is 3.00. The van der Waals surface area contributed by atoms with Crippen molar-refractivity contribution in [2.24, 2.45) is 0 Å². The summed E-state index contributed by atoms with van der Waals surface area (Å²) in [6, 6.07) is 0. The van der Waals surface area contributed by atoms with Crippen molar-refractivity contribution in [1.29, 1.82) is 0 Å². The van der Waals surface area contributed by atoms with E-state index in [-0.39, 0.29) is 0 Å². The Morgan fingerprint density at radius 2 is 2.00 bits per heavy atom. The maximum atomic E-state index is 2.22. The van der Waals surface area contributed by atoms with Crippen LogP contribution in [0.5, 0.6) is 0 Å². The molecule has 0 fully saturated rings. The Bertz CT molecular complexity index is 8.00. The fourth-order valence-electron chi connectivity index (χ4n) is 0. The molecule has 0 heterocycles. The molecule has 0 radical (unpaired) electrons. The van der Waals surface area contributed by atoms with Gasteiger partial charge in [-0.1, -0.05) is 0 Å². The fourth-order valence-corrected chi connectivity index (χ4v) is 0. The van der Waals surface area contributed by atoms with Crippen molar-refractivity contribution in [2.45, 2.75) is 0 Å². The van der Waals surface area contributed by atoms with Crippen LogP contribution in [0.4, 0.5) is 0 Å². The fraction of sp³-hybridized carbons (Fsp3) is 1.00. The van der Waals surface area contributed by atoms with Gasteiger partial charge in [-0.25, -0.2) is 0 Å². The predicted octanol–water partition coefficient (Wildman–Crippen LogP) is 0.436. The molecule has 0 spiro atoms. The normalized spacial score (nSPS) is 13.2. The summed E-state index contributed by atoms with van der Waals surface area (Å²) >= 11 is 0. The van der Waals surface area contributed by atoms with Gasteiger partial charge in [0.05, 0.1) is 0 Å². The quantitative estimate of drug-likeness (QED) is 0.325. The number of hydrogen-bond donors (Lipinski definition) is 0. The summed E-state index contributed by atoms with van der Waals surface area (Å²) in [5.74, 6) is 0. The minimum atomic E-state index is 1.17. The van der Waals surface area contributed by atoms with Crippen LogP contribution in [0, 0.1) is 0 Å². The first-order valence-electron chi connectivity index (χ1n) is 1.25. The van der Waals surface area contributed by atoms with Crippen molar-refractivity contribution in [1.82, 2.24) is 0 Å². The second-order valence-electron chi connectivity index (χ2n) is 0.500. The molecule has 0 aliphatic rings. The molecule has 24 valence electrons. The van der Waals surface area contributed by atoms with Crippen molar-refractivity contribution in [3.8, 4) is 0 Å². The smallest absolute Gasteiger partial charge is 0.135 e. The van der Waals surface area contributed by atoms with Crippen LogP contribution in [-0.2, 0) is 0 Å². The van der Waals surface area contributed by atoms with E-state index in [0.29, 0.717) is 0 Å². The van der Waals surface area contributed by atoms with E-state index in [2.05, 4.69) is 14.2 Å². The molecule has 0 nitrogen and oxygen atoms in total. The van der Waals surface area contributed by atoms with Crippen molar-refractivity contribution in [3.05, 3.63) is 0 Å². The topological polar surface area (TPSA) is 0 Å². The van der Waals surface area contributed by atoms with E-state index < -0.39 is 0 Å². The first-order chi connectivity index (χ1) is 1.91. The monoisotopic (exact) mass is 92.0 g/mol. The van der Waals surface area contributed by atoms with E-state index in [4.69, 9.17) is 0 Å². The number of hydrogen-bond acceptors (Lipinski definition) is 0. The Hall–Kier alpha value is 0.925. The Balaban J connectivity index is 1.97. The molecular weight excluding hydrogens is 84.8 g/mol. The second kappa shape index (κ2) is 3.92. The highest BCUT2D eigenvalue weighted by Gasteiger charge is 1.54. The molecule has 0 aromatic rings. The summed E-state index contributed by atoms with van der Waals surface area (Å²) in [6.45, 7) is 2.22. The molecule has 4 heavy (non-hydrogen) atoms. The minimum absolute atomic E-state index is 1.17. The predicted molar refractivity (Wildman–Crippen MR) is 31.1 cm³/mol. The Morgan fingerprint density at radius 3 is 2.00 bits per heavy atom. The van der Waals surface area contributed by atoms with Crippen LogP contribution in [0.2, 0.25) is 0 Å². The van der Waals surface area contributed by atoms with Gasteiger partial charge in [-0.2, -0.15) is 0 Å². The van der Waals surface area contributed by atoms with Crippen LogP contribution >= 0.6 is 16.4 Å². The summed E-state index contributed by atoms with van der Waals surface area (Å²) in [5, 5.41) is 0. The molecule has 0 rings (SSSR count). The van der Waals surface area contributed by atoms with Crippen LogP contribution in [-0.4, -0.2) is 14.2 Å². The maximum Gasteiger partial charge on any atom is 0.135 e. The molecule has 0 saturated heterocycles. The van der Waals surface area contributed by atoms with Crippen molar-refractivity contribution in [3.63, 3.8) is 0 Å². The van der Waals surface area contributed by atoms with Gasteiger partial charge >= 0.3 is 0 Å². The first kappa shape index (κ1) is 4.92. The Kier molecular flexibility index (Phi) is 4.83. The molecule has 0 N–H and O–H groups in total. The van der Waals surface area contributed by atoms with E-state index in [0.717, 1.165) is 0 Å². The zero-order chi connectivity index (χ0) is 3.41. The molecule has 0 saturated carbocycles. The molecule has 0 aliphatic heterocycles. The average molecular weight is 91.8 g/mol. The van der Waals surface area contributed by atoms with Gasteiger partial charge in [0, 0.05) is 0 Å². The molecule has 0 bridgehead atoms. The van der Waals surface area contributed by atoms with Crippen LogP contribution < -0.4 is 0 Å². The third-order valence-corrected chi connectivity index (χ3v) is 2.25. The van der Waals surface area contributed by atoms with E-state index in [1.807, 2.05) is 0 Å². The largest absolute Gasteiger partial charge is 0.142 e. The first-order valence-corrected chi connectivity index (χ1v) is 5.25. The average Bonchev–Trinajstić information content (AvgIpc) is 1.37. The minimum Gasteiger partial charge on any atom is -0.142 e. The maximum absolute atomic E-state index is 2.22. The van der Waals surface area contributed by atoms with Gasteiger partial charge in [0.2, 0.25) is 0 Å². The highest BCUT2D eigenvalue weighted by molar-refractivity contribution is 8.22. The summed E-state index contributed by atoms with van der Waals surface area (Å²) in [5.41, 5.74) is 0. The summed E-state index contributed by atoms with van der Waals surface area (Å²) in [4.78, 5) is 0. The van der Waals surface area contributed by atoms with Crippen LogP contribution in [0.3, 0.4) is 0 Å². The molecule has 0 aromatic carbocycles. The van der Waals surface area contributed by atoms with Gasteiger partial charge in [0.25, 0.3) is 0 Å². The van der Waals surface area contributed by atoms with Crippen LogP contribution in [0.15, 0.2) is 0 Å². The van der Waals surface area contributed by atoms with Gasteiger partial charge in [0.15, 0.2) is 0 Å². The lowest BCUT2D eigenvalue weighted by molar-refractivity contribution is 2.51. The lowest BCUT2D eigenvalue weighted by atomic mass is 10.8. The van der Waals surface area contributed by atoms with E-state index in [1.165, 1.54) is 16.4 Å². The molecule has 0 amide bonds. The Morgan fingerprint density at radius 1 is 1.75 bits per heavy atom. The number of rotatable bonds is 1. The van der Waals surface area contributed by atoms with E-state index >= 15 is 0 Å².